The average molecular weight is 280 g/mol. The van der Waals surface area contributed by atoms with Crippen LogP contribution < -0.4 is 5.32 Å². The van der Waals surface area contributed by atoms with E-state index >= 15 is 0 Å². The lowest BCUT2D eigenvalue weighted by Gasteiger charge is -2.10. The molecule has 2 rings (SSSR count). The second kappa shape index (κ2) is 6.20. The maximum Gasteiger partial charge on any atom is 0.227 e. The van der Waals surface area contributed by atoms with E-state index in [0.29, 0.717) is 5.56 Å². The fraction of sp³-hybridized carbons (Fsp3) is 0.467. The van der Waals surface area contributed by atoms with Crippen molar-refractivity contribution in [1.82, 2.24) is 0 Å². The highest BCUT2D eigenvalue weighted by atomic mass is 35.5. The Bertz CT molecular complexity index is 462. The van der Waals surface area contributed by atoms with Gasteiger partial charge in [0.2, 0.25) is 5.91 Å². The second-order valence-electron chi connectivity index (χ2n) is 5.03. The number of carbonyl (C=O) groups is 2. The molecule has 1 unspecified atom stereocenters. The van der Waals surface area contributed by atoms with Crippen molar-refractivity contribution in [1.29, 1.82) is 0 Å². The lowest BCUT2D eigenvalue weighted by Crippen LogP contribution is -2.20. The molecule has 0 spiro atoms. The minimum Gasteiger partial charge on any atom is -0.326 e. The van der Waals surface area contributed by atoms with Crippen molar-refractivity contribution in [3.05, 3.63) is 29.8 Å². The molecule has 0 saturated heterocycles. The highest BCUT2D eigenvalue weighted by Crippen LogP contribution is 2.26. The quantitative estimate of drug-likeness (QED) is 0.676. The number of ketones is 1. The van der Waals surface area contributed by atoms with E-state index in [-0.39, 0.29) is 17.6 Å². The minimum absolute atomic E-state index is 0.0855. The van der Waals surface area contributed by atoms with E-state index in [0.717, 1.165) is 31.4 Å². The molecule has 4 heteroatoms. The van der Waals surface area contributed by atoms with Crippen LogP contribution in [0.1, 0.15) is 43.0 Å². The zero-order valence-electron chi connectivity index (χ0n) is 11.0. The van der Waals surface area contributed by atoms with Gasteiger partial charge in [-0.25, -0.2) is 0 Å². The third-order valence-electron chi connectivity index (χ3n) is 3.52. The number of halogens is 1. The number of nitrogens with one attached hydrogen (secondary N) is 1. The van der Waals surface area contributed by atoms with Crippen LogP contribution in [-0.4, -0.2) is 17.1 Å². The Hall–Kier alpha value is -1.35. The van der Waals surface area contributed by atoms with Crippen LogP contribution in [0.5, 0.6) is 0 Å². The van der Waals surface area contributed by atoms with Gasteiger partial charge in [0.05, 0.1) is 5.38 Å². The third kappa shape index (κ3) is 3.57. The molecule has 1 amide bonds. The molecular formula is C15H18ClNO2. The number of amides is 1. The molecule has 102 valence electrons. The predicted octanol–water partition coefficient (Wildman–Crippen LogP) is 3.63. The fourth-order valence-corrected chi connectivity index (χ4v) is 2.51. The van der Waals surface area contributed by atoms with E-state index < -0.39 is 5.38 Å². The summed E-state index contributed by atoms with van der Waals surface area (Å²) in [5.74, 6) is 0.127. The number of Topliss-reactive ketones (excluding diaryl/α,β-unsaturated/α-hetero) is 1. The summed E-state index contributed by atoms with van der Waals surface area (Å²) in [6.45, 7) is 1.65. The predicted molar refractivity (Wildman–Crippen MR) is 76.7 cm³/mol. The van der Waals surface area contributed by atoms with Crippen LogP contribution in [0.3, 0.4) is 0 Å². The molecule has 3 nitrogen and oxygen atoms in total. The third-order valence-corrected chi connectivity index (χ3v) is 3.72. The molecule has 1 aliphatic carbocycles. The summed E-state index contributed by atoms with van der Waals surface area (Å²) in [6, 6.07) is 6.90. The van der Waals surface area contributed by atoms with Gasteiger partial charge in [-0.1, -0.05) is 12.8 Å². The maximum atomic E-state index is 11.9. The molecule has 0 heterocycles. The van der Waals surface area contributed by atoms with Crippen LogP contribution in [0.4, 0.5) is 5.69 Å². The van der Waals surface area contributed by atoms with Crippen molar-refractivity contribution in [2.24, 2.45) is 5.92 Å². The summed E-state index contributed by atoms with van der Waals surface area (Å²) in [7, 11) is 0. The molecule has 0 aromatic heterocycles. The van der Waals surface area contributed by atoms with Crippen LogP contribution >= 0.6 is 11.6 Å². The van der Waals surface area contributed by atoms with E-state index in [1.54, 1.807) is 31.2 Å². The molecule has 1 aliphatic rings. The normalized spacial score (nSPS) is 17.2. The molecule has 19 heavy (non-hydrogen) atoms. The Balaban J connectivity index is 1.98. The zero-order chi connectivity index (χ0) is 13.8. The standard InChI is InChI=1S/C15H18ClNO2/c1-10(16)14(18)11-6-8-13(9-7-11)17-15(19)12-4-2-3-5-12/h6-10,12H,2-5H2,1H3,(H,17,19). The molecule has 1 aromatic rings. The van der Waals surface area contributed by atoms with Gasteiger partial charge in [-0.3, -0.25) is 9.59 Å². The van der Waals surface area contributed by atoms with Gasteiger partial charge in [-0.15, -0.1) is 11.6 Å². The summed E-state index contributed by atoms with van der Waals surface area (Å²) in [4.78, 5) is 23.6. The molecule has 0 bridgehead atoms. The van der Waals surface area contributed by atoms with Crippen molar-refractivity contribution >= 4 is 29.0 Å². The van der Waals surface area contributed by atoms with Crippen molar-refractivity contribution in [2.45, 2.75) is 38.0 Å². The number of anilines is 1. The first kappa shape index (κ1) is 14.1. The number of carbonyl (C=O) groups excluding carboxylic acids is 2. The van der Waals surface area contributed by atoms with Crippen LogP contribution in [0.25, 0.3) is 0 Å². The van der Waals surface area contributed by atoms with Crippen LogP contribution in [0, 0.1) is 5.92 Å². The smallest absolute Gasteiger partial charge is 0.227 e. The molecule has 1 N–H and O–H groups in total. The fourth-order valence-electron chi connectivity index (χ4n) is 2.38. The molecule has 0 radical (unpaired) electrons. The first-order chi connectivity index (χ1) is 9.08. The van der Waals surface area contributed by atoms with E-state index in [9.17, 15) is 9.59 Å². The number of rotatable bonds is 4. The number of alkyl halides is 1. The van der Waals surface area contributed by atoms with Gasteiger partial charge >= 0.3 is 0 Å². The van der Waals surface area contributed by atoms with E-state index in [4.69, 9.17) is 11.6 Å². The average Bonchev–Trinajstić information content (AvgIpc) is 2.92. The lowest BCUT2D eigenvalue weighted by molar-refractivity contribution is -0.119. The van der Waals surface area contributed by atoms with Gasteiger partial charge in [0.25, 0.3) is 0 Å². The summed E-state index contributed by atoms with van der Waals surface area (Å²) < 4.78 is 0. The monoisotopic (exact) mass is 279 g/mol. The number of benzene rings is 1. The molecule has 1 aromatic carbocycles. The van der Waals surface area contributed by atoms with Gasteiger partial charge in [0.1, 0.15) is 0 Å². The highest BCUT2D eigenvalue weighted by molar-refractivity contribution is 6.33. The highest BCUT2D eigenvalue weighted by Gasteiger charge is 2.22. The summed E-state index contributed by atoms with van der Waals surface area (Å²) in [6.07, 6.45) is 4.23. The van der Waals surface area contributed by atoms with E-state index in [2.05, 4.69) is 5.32 Å². The van der Waals surface area contributed by atoms with Gasteiger partial charge in [-0.05, 0) is 44.0 Å². The number of hydrogen-bond acceptors (Lipinski definition) is 2. The summed E-state index contributed by atoms with van der Waals surface area (Å²) >= 11 is 5.75. The van der Waals surface area contributed by atoms with Gasteiger partial charge in [-0.2, -0.15) is 0 Å². The first-order valence-electron chi connectivity index (χ1n) is 6.67. The van der Waals surface area contributed by atoms with E-state index in [1.807, 2.05) is 0 Å². The molecule has 1 atom stereocenters. The van der Waals surface area contributed by atoms with Crippen LogP contribution in [-0.2, 0) is 4.79 Å². The molecular weight excluding hydrogens is 262 g/mol. The Kier molecular flexibility index (Phi) is 4.59. The first-order valence-corrected chi connectivity index (χ1v) is 7.11. The van der Waals surface area contributed by atoms with Crippen molar-refractivity contribution in [3.8, 4) is 0 Å². The largest absolute Gasteiger partial charge is 0.326 e. The van der Waals surface area contributed by atoms with E-state index in [1.165, 1.54) is 0 Å². The Labute approximate surface area is 118 Å². The van der Waals surface area contributed by atoms with Crippen molar-refractivity contribution < 1.29 is 9.59 Å². The number of hydrogen-bond donors (Lipinski definition) is 1. The Morgan fingerprint density at radius 1 is 1.21 bits per heavy atom. The summed E-state index contributed by atoms with van der Waals surface area (Å²) in [5.41, 5.74) is 1.30. The topological polar surface area (TPSA) is 46.2 Å². The van der Waals surface area contributed by atoms with Gasteiger partial charge in [0, 0.05) is 17.2 Å². The Morgan fingerprint density at radius 2 is 1.79 bits per heavy atom. The second-order valence-corrected chi connectivity index (χ2v) is 5.68. The van der Waals surface area contributed by atoms with Crippen LogP contribution in [0.2, 0.25) is 0 Å². The maximum absolute atomic E-state index is 11.9. The minimum atomic E-state index is -0.529. The van der Waals surface area contributed by atoms with Gasteiger partial charge in [0.15, 0.2) is 5.78 Å². The molecule has 1 saturated carbocycles. The van der Waals surface area contributed by atoms with Gasteiger partial charge < -0.3 is 5.32 Å². The lowest BCUT2D eigenvalue weighted by atomic mass is 10.1. The van der Waals surface area contributed by atoms with Crippen molar-refractivity contribution in [3.63, 3.8) is 0 Å². The molecule has 0 aliphatic heterocycles. The molecule has 1 fully saturated rings. The Morgan fingerprint density at radius 3 is 2.32 bits per heavy atom. The van der Waals surface area contributed by atoms with Crippen LogP contribution in [0.15, 0.2) is 24.3 Å². The zero-order valence-corrected chi connectivity index (χ0v) is 11.7. The van der Waals surface area contributed by atoms with Crippen molar-refractivity contribution in [2.75, 3.05) is 5.32 Å². The SMILES string of the molecule is CC(Cl)C(=O)c1ccc(NC(=O)C2CCCC2)cc1. The summed E-state index contributed by atoms with van der Waals surface area (Å²) in [5, 5.41) is 2.37.